The number of hydrogen-bond acceptors (Lipinski definition) is 3. The molecule has 7 nitrogen and oxygen atoms in total. The van der Waals surface area contributed by atoms with E-state index in [1.165, 1.54) is 0 Å². The molecule has 0 saturated heterocycles. The van der Waals surface area contributed by atoms with Crippen molar-refractivity contribution in [3.8, 4) is 0 Å². The number of amides is 3. The lowest BCUT2D eigenvalue weighted by molar-refractivity contribution is -0.140. The number of aliphatic carboxylic acids is 1. The van der Waals surface area contributed by atoms with Gasteiger partial charge in [0.05, 0.1) is 0 Å². The van der Waals surface area contributed by atoms with E-state index in [4.69, 9.17) is 5.11 Å². The van der Waals surface area contributed by atoms with Gasteiger partial charge in [-0.2, -0.15) is 0 Å². The molecule has 7 heteroatoms. The Morgan fingerprint density at radius 2 is 1.55 bits per heavy atom. The molecule has 0 heterocycles. The molecule has 116 valence electrons. The van der Waals surface area contributed by atoms with E-state index in [0.29, 0.717) is 13.1 Å². The summed E-state index contributed by atoms with van der Waals surface area (Å²) in [6.07, 6.45) is 0. The number of nitrogens with zero attached hydrogens (tertiary/aromatic N) is 1. The van der Waals surface area contributed by atoms with Crippen LogP contribution in [0.15, 0.2) is 0 Å². The van der Waals surface area contributed by atoms with Gasteiger partial charge in [-0.1, -0.05) is 13.8 Å². The van der Waals surface area contributed by atoms with Crippen molar-refractivity contribution in [2.75, 3.05) is 13.1 Å². The van der Waals surface area contributed by atoms with Gasteiger partial charge in [0.25, 0.3) is 0 Å². The minimum absolute atomic E-state index is 0.193. The molecule has 2 atom stereocenters. The lowest BCUT2D eigenvalue weighted by atomic mass is 10.1. The Morgan fingerprint density at radius 1 is 1.05 bits per heavy atom. The topological polar surface area (TPSA) is 98.7 Å². The fourth-order valence-electron chi connectivity index (χ4n) is 1.76. The molecule has 0 aliphatic carbocycles. The van der Waals surface area contributed by atoms with Gasteiger partial charge in [-0.25, -0.2) is 9.59 Å². The number of carboxylic acids is 1. The molecule has 20 heavy (non-hydrogen) atoms. The summed E-state index contributed by atoms with van der Waals surface area (Å²) >= 11 is 0. The molecule has 0 aliphatic heterocycles. The van der Waals surface area contributed by atoms with Gasteiger partial charge in [0, 0.05) is 13.1 Å². The normalized spacial score (nSPS) is 13.5. The van der Waals surface area contributed by atoms with Gasteiger partial charge in [-0.05, 0) is 26.7 Å². The third-order valence-electron chi connectivity index (χ3n) is 3.01. The molecule has 3 N–H and O–H groups in total. The molecule has 0 aromatic heterocycles. The first-order valence-corrected chi connectivity index (χ1v) is 6.83. The second-order valence-electron chi connectivity index (χ2n) is 4.91. The quantitative estimate of drug-likeness (QED) is 0.640. The Kier molecular flexibility index (Phi) is 7.64. The second-order valence-corrected chi connectivity index (χ2v) is 4.91. The molecule has 0 radical (unpaired) electrons. The predicted octanol–water partition coefficient (Wildman–Crippen LogP) is 0.652. The van der Waals surface area contributed by atoms with Crippen LogP contribution in [0.2, 0.25) is 0 Å². The van der Waals surface area contributed by atoms with Crippen LogP contribution in [-0.2, 0) is 9.59 Å². The second kappa shape index (κ2) is 8.39. The number of rotatable bonds is 7. The highest BCUT2D eigenvalue weighted by Gasteiger charge is 2.25. The molecular weight excluding hydrogens is 262 g/mol. The van der Waals surface area contributed by atoms with Crippen LogP contribution in [0.3, 0.4) is 0 Å². The van der Waals surface area contributed by atoms with Crippen molar-refractivity contribution in [3.05, 3.63) is 0 Å². The maximum Gasteiger partial charge on any atom is 0.326 e. The molecule has 0 aromatic rings. The summed E-state index contributed by atoms with van der Waals surface area (Å²) in [5.41, 5.74) is 0. The van der Waals surface area contributed by atoms with Crippen molar-refractivity contribution in [3.63, 3.8) is 0 Å². The van der Waals surface area contributed by atoms with Gasteiger partial charge >= 0.3 is 12.0 Å². The zero-order chi connectivity index (χ0) is 15.9. The molecule has 0 bridgehead atoms. The molecule has 0 spiro atoms. The zero-order valence-electron chi connectivity index (χ0n) is 12.8. The van der Waals surface area contributed by atoms with E-state index in [-0.39, 0.29) is 11.8 Å². The highest BCUT2D eigenvalue weighted by molar-refractivity contribution is 5.88. The summed E-state index contributed by atoms with van der Waals surface area (Å²) in [7, 11) is 0. The third kappa shape index (κ3) is 5.46. The Morgan fingerprint density at radius 3 is 1.90 bits per heavy atom. The van der Waals surface area contributed by atoms with Gasteiger partial charge in [0.1, 0.15) is 12.1 Å². The van der Waals surface area contributed by atoms with Crippen LogP contribution in [0, 0.1) is 5.92 Å². The van der Waals surface area contributed by atoms with Crippen molar-refractivity contribution in [1.82, 2.24) is 15.5 Å². The van der Waals surface area contributed by atoms with E-state index in [0.717, 1.165) is 0 Å². The van der Waals surface area contributed by atoms with Crippen LogP contribution < -0.4 is 10.6 Å². The summed E-state index contributed by atoms with van der Waals surface area (Å²) in [5.74, 6) is -1.54. The van der Waals surface area contributed by atoms with Crippen molar-refractivity contribution in [2.45, 2.75) is 46.7 Å². The van der Waals surface area contributed by atoms with E-state index in [9.17, 15) is 14.4 Å². The number of nitrogens with one attached hydrogen (secondary N) is 2. The zero-order valence-corrected chi connectivity index (χ0v) is 12.8. The van der Waals surface area contributed by atoms with Crippen LogP contribution in [0.5, 0.6) is 0 Å². The number of urea groups is 1. The van der Waals surface area contributed by atoms with Gasteiger partial charge in [0.15, 0.2) is 0 Å². The van der Waals surface area contributed by atoms with Gasteiger partial charge < -0.3 is 20.6 Å². The minimum atomic E-state index is -1.10. The Bertz CT molecular complexity index is 354. The summed E-state index contributed by atoms with van der Waals surface area (Å²) < 4.78 is 0. The average Bonchev–Trinajstić information content (AvgIpc) is 2.36. The summed E-state index contributed by atoms with van der Waals surface area (Å²) in [5, 5.41) is 13.8. The summed E-state index contributed by atoms with van der Waals surface area (Å²) in [4.78, 5) is 36.3. The largest absolute Gasteiger partial charge is 0.480 e. The lowest BCUT2D eigenvalue weighted by Crippen LogP contribution is -2.54. The summed E-state index contributed by atoms with van der Waals surface area (Å²) in [6, 6.07) is -2.33. The Labute approximate surface area is 119 Å². The van der Waals surface area contributed by atoms with Crippen LogP contribution >= 0.6 is 0 Å². The number of hydrogen-bond donors (Lipinski definition) is 3. The molecule has 1 unspecified atom stereocenters. The molecular formula is C13H25N3O4. The SMILES string of the molecule is CCN(CC)C(=O)C(C)NC(=O)N[C@H](C(=O)O)C(C)C. The predicted molar refractivity (Wildman–Crippen MR) is 75.3 cm³/mol. The minimum Gasteiger partial charge on any atom is -0.480 e. The highest BCUT2D eigenvalue weighted by Crippen LogP contribution is 2.02. The summed E-state index contributed by atoms with van der Waals surface area (Å²) in [6.45, 7) is 9.80. The molecule has 0 aliphatic rings. The first kappa shape index (κ1) is 18.2. The van der Waals surface area contributed by atoms with E-state index in [1.807, 2.05) is 13.8 Å². The monoisotopic (exact) mass is 287 g/mol. The van der Waals surface area contributed by atoms with Crippen LogP contribution in [0.4, 0.5) is 4.79 Å². The van der Waals surface area contributed by atoms with Gasteiger partial charge in [-0.3, -0.25) is 4.79 Å². The highest BCUT2D eigenvalue weighted by atomic mass is 16.4. The molecule has 0 rings (SSSR count). The Hall–Kier alpha value is -1.79. The lowest BCUT2D eigenvalue weighted by Gasteiger charge is -2.24. The fourth-order valence-corrected chi connectivity index (χ4v) is 1.76. The van der Waals surface area contributed by atoms with Crippen molar-refractivity contribution >= 4 is 17.9 Å². The van der Waals surface area contributed by atoms with Crippen LogP contribution in [0.25, 0.3) is 0 Å². The standard InChI is InChI=1S/C13H25N3O4/c1-6-16(7-2)11(17)9(5)14-13(20)15-10(8(3)4)12(18)19/h8-10H,6-7H2,1-5H3,(H,18,19)(H2,14,15,20)/t9?,10-/m0/s1. The average molecular weight is 287 g/mol. The number of carboxylic acid groups (broad SMARTS) is 1. The van der Waals surface area contributed by atoms with Crippen LogP contribution in [0.1, 0.15) is 34.6 Å². The van der Waals surface area contributed by atoms with E-state index < -0.39 is 24.1 Å². The maximum atomic E-state index is 12.0. The van der Waals surface area contributed by atoms with Gasteiger partial charge in [0.2, 0.25) is 5.91 Å². The molecule has 0 aromatic carbocycles. The van der Waals surface area contributed by atoms with Crippen molar-refractivity contribution in [1.29, 1.82) is 0 Å². The number of likely N-dealkylation sites (N-methyl/N-ethyl adjacent to an activating group) is 1. The first-order valence-electron chi connectivity index (χ1n) is 6.83. The Balaban J connectivity index is 4.53. The van der Waals surface area contributed by atoms with E-state index in [2.05, 4.69) is 10.6 Å². The first-order chi connectivity index (χ1) is 9.24. The number of carbonyl (C=O) groups excluding carboxylic acids is 2. The molecule has 3 amide bonds. The van der Waals surface area contributed by atoms with Gasteiger partial charge in [-0.15, -0.1) is 0 Å². The van der Waals surface area contributed by atoms with E-state index >= 15 is 0 Å². The maximum absolute atomic E-state index is 12.0. The smallest absolute Gasteiger partial charge is 0.326 e. The van der Waals surface area contributed by atoms with Crippen LogP contribution in [-0.4, -0.2) is 53.1 Å². The van der Waals surface area contributed by atoms with E-state index in [1.54, 1.807) is 25.7 Å². The van der Waals surface area contributed by atoms with Crippen molar-refractivity contribution < 1.29 is 19.5 Å². The fraction of sp³-hybridized carbons (Fsp3) is 0.769. The molecule has 0 saturated carbocycles. The molecule has 0 fully saturated rings. The number of carbonyl (C=O) groups is 3. The third-order valence-corrected chi connectivity index (χ3v) is 3.01. The van der Waals surface area contributed by atoms with Crippen molar-refractivity contribution in [2.24, 2.45) is 5.92 Å².